The number of carbonyl (C=O) groups excluding carboxylic acids is 1. The van der Waals surface area contributed by atoms with Crippen LogP contribution in [0.4, 0.5) is 15.7 Å². The van der Waals surface area contributed by atoms with Crippen LogP contribution in [0.25, 0.3) is 27.0 Å². The van der Waals surface area contributed by atoms with Gasteiger partial charge in [-0.2, -0.15) is 15.2 Å². The van der Waals surface area contributed by atoms with E-state index in [0.29, 0.717) is 49.9 Å². The molecular weight excluding hydrogens is 667 g/mol. The number of ether oxygens (including phenoxy) is 3. The Morgan fingerprint density at radius 3 is 2.86 bits per heavy atom. The molecule has 2 unspecified atom stereocenters. The van der Waals surface area contributed by atoms with E-state index in [1.54, 1.807) is 24.5 Å². The zero-order valence-corrected chi connectivity index (χ0v) is 29.1. The summed E-state index contributed by atoms with van der Waals surface area (Å²) < 4.78 is 16.4. The summed E-state index contributed by atoms with van der Waals surface area (Å²) in [7, 11) is 3.53. The number of alkyl carbamates (subject to hydrolysis) is 1. The average molecular weight is 706 g/mol. The van der Waals surface area contributed by atoms with Gasteiger partial charge in [0.05, 0.1) is 42.7 Å². The second-order valence-electron chi connectivity index (χ2n) is 11.6. The summed E-state index contributed by atoms with van der Waals surface area (Å²) in [6, 6.07) is 10.1. The van der Waals surface area contributed by atoms with Gasteiger partial charge in [-0.1, -0.05) is 25.2 Å². The number of rotatable bonds is 16. The third-order valence-corrected chi connectivity index (χ3v) is 10.1. The molecule has 0 aromatic carbocycles. The second-order valence-corrected chi connectivity index (χ2v) is 13.7. The van der Waals surface area contributed by atoms with Gasteiger partial charge in [0.15, 0.2) is 5.65 Å². The number of imidazole rings is 1. The fourth-order valence-corrected chi connectivity index (χ4v) is 6.82. The van der Waals surface area contributed by atoms with Crippen molar-refractivity contribution >= 4 is 57.0 Å². The van der Waals surface area contributed by atoms with Gasteiger partial charge in [-0.25, -0.2) is 9.78 Å². The minimum absolute atomic E-state index is 0.0993. The molecule has 0 radical (unpaired) electrons. The summed E-state index contributed by atoms with van der Waals surface area (Å²) in [5.74, 6) is 0.461. The van der Waals surface area contributed by atoms with Crippen molar-refractivity contribution in [2.24, 2.45) is 5.41 Å². The summed E-state index contributed by atoms with van der Waals surface area (Å²) in [6.45, 7) is 4.42. The number of hydrogen-bond donors (Lipinski definition) is 5. The van der Waals surface area contributed by atoms with Crippen LogP contribution in [0, 0.1) is 16.7 Å². The maximum Gasteiger partial charge on any atom is 0.407 e. The first-order valence-corrected chi connectivity index (χ1v) is 17.1. The minimum Gasteiger partial charge on any atom is -0.475 e. The minimum atomic E-state index is -1.06. The van der Waals surface area contributed by atoms with Gasteiger partial charge >= 0.3 is 6.09 Å². The first kappa shape index (κ1) is 35.5. The Labute approximate surface area is 291 Å². The number of nitrogens with two attached hydrogens (primary N) is 1. The van der Waals surface area contributed by atoms with Crippen molar-refractivity contribution in [1.29, 1.82) is 5.26 Å². The average Bonchev–Trinajstić information content (AvgIpc) is 3.87. The highest BCUT2D eigenvalue weighted by molar-refractivity contribution is 7.24. The number of carbonyl (C=O) groups is 1. The van der Waals surface area contributed by atoms with Crippen LogP contribution in [0.2, 0.25) is 0 Å². The number of fused-ring (bicyclic) bond motifs is 1. The van der Waals surface area contributed by atoms with E-state index in [2.05, 4.69) is 55.7 Å². The van der Waals surface area contributed by atoms with E-state index in [4.69, 9.17) is 19.9 Å². The SMILES string of the molecule is COCCNC(O)/C(C#N)=C/c1ccc(-c2ccc(N(C)CCOC(=O)NCC3=CCC(C)(COc4nc(N)nc5nc[nH]c45)C=C3)s2)s1. The van der Waals surface area contributed by atoms with E-state index in [0.717, 1.165) is 31.6 Å². The number of methoxy groups -OCH3 is 1. The van der Waals surface area contributed by atoms with E-state index in [1.165, 1.54) is 17.7 Å². The van der Waals surface area contributed by atoms with Crippen LogP contribution in [0.5, 0.6) is 5.88 Å². The lowest BCUT2D eigenvalue weighted by Gasteiger charge is -2.27. The molecule has 14 nitrogen and oxygen atoms in total. The quantitative estimate of drug-likeness (QED) is 0.0630. The molecule has 4 heterocycles. The van der Waals surface area contributed by atoms with Crippen molar-refractivity contribution in [3.05, 3.63) is 64.8 Å². The van der Waals surface area contributed by atoms with Gasteiger partial charge in [-0.05, 0) is 42.3 Å². The summed E-state index contributed by atoms with van der Waals surface area (Å²) in [5, 5.41) is 26.5. The van der Waals surface area contributed by atoms with E-state index in [1.807, 2.05) is 42.3 Å². The zero-order valence-electron chi connectivity index (χ0n) is 27.4. The number of H-pyrrole nitrogens is 1. The Kier molecular flexibility index (Phi) is 12.0. The van der Waals surface area contributed by atoms with Crippen molar-refractivity contribution in [2.75, 3.05) is 64.2 Å². The number of hydrogen-bond acceptors (Lipinski definition) is 14. The summed E-state index contributed by atoms with van der Waals surface area (Å²) >= 11 is 3.16. The van der Waals surface area contributed by atoms with Crippen LogP contribution in [0.15, 0.2) is 60.0 Å². The first-order valence-electron chi connectivity index (χ1n) is 15.5. The highest BCUT2D eigenvalue weighted by Gasteiger charge is 2.25. The van der Waals surface area contributed by atoms with Crippen molar-refractivity contribution < 1.29 is 24.1 Å². The number of aliphatic hydroxyl groups is 1. The number of likely N-dealkylation sites (N-methyl/N-ethyl adjacent to an activating group) is 1. The maximum atomic E-state index is 12.4. The molecule has 6 N–H and O–H groups in total. The van der Waals surface area contributed by atoms with Gasteiger partial charge in [-0.15, -0.1) is 22.7 Å². The van der Waals surface area contributed by atoms with Crippen LogP contribution < -0.4 is 26.0 Å². The molecule has 0 bridgehead atoms. The second kappa shape index (κ2) is 16.5. The Morgan fingerprint density at radius 2 is 2.08 bits per heavy atom. The van der Waals surface area contributed by atoms with Crippen molar-refractivity contribution in [2.45, 2.75) is 19.6 Å². The lowest BCUT2D eigenvalue weighted by Crippen LogP contribution is -2.32. The molecule has 1 aliphatic carbocycles. The monoisotopic (exact) mass is 705 g/mol. The molecule has 2 atom stereocenters. The molecule has 1 amide bonds. The molecule has 0 saturated heterocycles. The smallest absolute Gasteiger partial charge is 0.407 e. The standard InChI is InChI=1S/C33H39N9O5S2/c1-33(19-47-30-27-28(39-20-38-27)40-31(35)41-30)10-8-21(9-11-33)18-37-32(44)46-15-13-42(2)26-7-6-25(49-26)24-5-4-23(48-24)16-22(17-34)29(43)36-12-14-45-3/h4-10,16,20,29,36,43H,11-15,18-19H2,1-3H3,(H,37,44)(H3,35,38,39,40,41)/b22-16+. The van der Waals surface area contributed by atoms with Crippen LogP contribution in [0.1, 0.15) is 18.2 Å². The number of aromatic amines is 1. The molecular formula is C33H39N9O5S2. The van der Waals surface area contributed by atoms with Gasteiger partial charge in [0.25, 0.3) is 0 Å². The first-order chi connectivity index (χ1) is 23.7. The number of aliphatic hydroxyl groups excluding tert-OH is 1. The molecule has 0 spiro atoms. The number of allylic oxidation sites excluding steroid dienone is 1. The predicted molar refractivity (Wildman–Crippen MR) is 191 cm³/mol. The van der Waals surface area contributed by atoms with Crippen molar-refractivity contribution in [1.82, 2.24) is 30.6 Å². The lowest BCUT2D eigenvalue weighted by molar-refractivity contribution is 0.146. The fourth-order valence-electron chi connectivity index (χ4n) is 4.78. The number of nitriles is 1. The Morgan fingerprint density at radius 1 is 1.27 bits per heavy atom. The van der Waals surface area contributed by atoms with E-state index < -0.39 is 12.3 Å². The third-order valence-electron chi connectivity index (χ3n) is 7.64. The number of aromatic nitrogens is 4. The van der Waals surface area contributed by atoms with Crippen LogP contribution in [-0.2, 0) is 9.47 Å². The summed E-state index contributed by atoms with van der Waals surface area (Å²) in [5.41, 5.74) is 7.78. The molecule has 258 valence electrons. The molecule has 0 fully saturated rings. The Bertz CT molecular complexity index is 1870. The molecule has 4 aromatic heterocycles. The van der Waals surface area contributed by atoms with Crippen LogP contribution in [-0.4, -0.2) is 91.0 Å². The lowest BCUT2D eigenvalue weighted by atomic mass is 9.83. The summed E-state index contributed by atoms with van der Waals surface area (Å²) in [6.07, 6.45) is 8.51. The fraction of sp³-hybridized carbons (Fsp3) is 0.364. The van der Waals surface area contributed by atoms with Gasteiger partial charge in [0.2, 0.25) is 11.8 Å². The van der Waals surface area contributed by atoms with Gasteiger partial charge in [0.1, 0.15) is 18.4 Å². The number of amides is 1. The highest BCUT2D eigenvalue weighted by atomic mass is 32.1. The number of nitrogens with zero attached hydrogens (tertiary/aromatic N) is 5. The predicted octanol–water partition coefficient (Wildman–Crippen LogP) is 4.32. The van der Waals surface area contributed by atoms with Crippen molar-refractivity contribution in [3.63, 3.8) is 0 Å². The largest absolute Gasteiger partial charge is 0.475 e. The van der Waals surface area contributed by atoms with E-state index in [9.17, 15) is 15.2 Å². The highest BCUT2D eigenvalue weighted by Crippen LogP contribution is 2.37. The number of anilines is 2. The van der Waals surface area contributed by atoms with E-state index in [-0.39, 0.29) is 23.5 Å². The van der Waals surface area contributed by atoms with Crippen LogP contribution >= 0.6 is 22.7 Å². The van der Waals surface area contributed by atoms with Gasteiger partial charge < -0.3 is 40.3 Å². The molecule has 16 heteroatoms. The van der Waals surface area contributed by atoms with Crippen molar-refractivity contribution in [3.8, 4) is 21.7 Å². The molecule has 4 aromatic rings. The zero-order chi connectivity index (χ0) is 34.8. The number of nitrogens with one attached hydrogen (secondary N) is 3. The Hall–Kier alpha value is -4.79. The van der Waals surface area contributed by atoms with Crippen LogP contribution in [0.3, 0.4) is 0 Å². The molecule has 0 aliphatic heterocycles. The summed E-state index contributed by atoms with van der Waals surface area (Å²) in [4.78, 5) is 32.8. The molecule has 5 rings (SSSR count). The maximum absolute atomic E-state index is 12.4. The van der Waals surface area contributed by atoms with E-state index >= 15 is 0 Å². The van der Waals surface area contributed by atoms with Gasteiger partial charge in [-0.3, -0.25) is 5.32 Å². The molecule has 0 saturated carbocycles. The van der Waals surface area contributed by atoms with Gasteiger partial charge in [0, 0.05) is 47.3 Å². The number of thiophene rings is 2. The topological polar surface area (TPSA) is 197 Å². The third kappa shape index (κ3) is 9.65. The molecule has 49 heavy (non-hydrogen) atoms. The Balaban J connectivity index is 1.02. The number of nitrogen functional groups attached to an aromatic ring is 1. The normalized spacial score (nSPS) is 16.6. The molecule has 1 aliphatic rings.